The van der Waals surface area contributed by atoms with E-state index >= 15 is 0 Å². The van der Waals surface area contributed by atoms with Crippen LogP contribution >= 0.6 is 0 Å². The summed E-state index contributed by atoms with van der Waals surface area (Å²) in [5.74, 6) is 1.04. The number of likely N-dealkylation sites (tertiary alicyclic amines) is 1. The Labute approximate surface area is 210 Å². The molecule has 1 aliphatic heterocycles. The topological polar surface area (TPSA) is 84.5 Å². The summed E-state index contributed by atoms with van der Waals surface area (Å²) in [5.41, 5.74) is 4.15. The van der Waals surface area contributed by atoms with Gasteiger partial charge in [0, 0.05) is 30.3 Å². The minimum atomic E-state index is -0.316. The number of carbonyl (C=O) groups excluding carboxylic acids is 2. The Morgan fingerprint density at radius 1 is 0.972 bits per heavy atom. The lowest BCUT2D eigenvalue weighted by molar-refractivity contribution is -0.144. The van der Waals surface area contributed by atoms with Gasteiger partial charge in [0.05, 0.1) is 31.2 Å². The maximum Gasteiger partial charge on any atom is 0.313 e. The van der Waals surface area contributed by atoms with Crippen LogP contribution in [0, 0.1) is 5.92 Å². The molecule has 1 aliphatic rings. The highest BCUT2D eigenvalue weighted by Gasteiger charge is 2.34. The van der Waals surface area contributed by atoms with E-state index in [0.29, 0.717) is 24.5 Å². The predicted octanol–water partition coefficient (Wildman–Crippen LogP) is 5.05. The molecule has 1 unspecified atom stereocenters. The Morgan fingerprint density at radius 3 is 2.47 bits per heavy atom. The van der Waals surface area contributed by atoms with Gasteiger partial charge in [-0.05, 0) is 48.6 Å². The molecule has 1 N–H and O–H groups in total. The van der Waals surface area contributed by atoms with Crippen LogP contribution in [0.2, 0.25) is 0 Å². The van der Waals surface area contributed by atoms with Gasteiger partial charge in [-0.25, -0.2) is 4.98 Å². The summed E-state index contributed by atoms with van der Waals surface area (Å²) in [5, 5.41) is 0. The average Bonchev–Trinajstić information content (AvgIpc) is 3.37. The summed E-state index contributed by atoms with van der Waals surface area (Å²) in [6.07, 6.45) is 1.48. The number of benzene rings is 3. The highest BCUT2D eigenvalue weighted by Crippen LogP contribution is 2.34. The van der Waals surface area contributed by atoms with Crippen molar-refractivity contribution < 1.29 is 19.1 Å². The third-order valence-electron chi connectivity index (χ3n) is 6.98. The molecule has 1 amide bonds. The standard InChI is InChI=1S/C29H29N3O4/c1-35-23-11-12-24-25(18-23)31-27(30-24)21-9-6-10-22(17-21)28(33)32-15-13-20(14-16-32)26(29(34)36-2)19-7-4-3-5-8-19/h3-12,17-18,20,26H,13-16H2,1-2H3,(H,30,31). The molecule has 0 saturated carbocycles. The highest BCUT2D eigenvalue weighted by atomic mass is 16.5. The molecule has 1 fully saturated rings. The number of amides is 1. The van der Waals surface area contributed by atoms with Gasteiger partial charge in [-0.2, -0.15) is 0 Å². The first-order valence-electron chi connectivity index (χ1n) is 12.1. The number of hydrogen-bond acceptors (Lipinski definition) is 5. The quantitative estimate of drug-likeness (QED) is 0.388. The average molecular weight is 484 g/mol. The molecular formula is C29H29N3O4. The molecule has 0 radical (unpaired) electrons. The number of nitrogens with zero attached hydrogens (tertiary/aromatic N) is 2. The third kappa shape index (κ3) is 4.69. The number of aromatic amines is 1. The second-order valence-electron chi connectivity index (χ2n) is 9.09. The molecule has 4 aromatic rings. The molecule has 2 heterocycles. The summed E-state index contributed by atoms with van der Waals surface area (Å²) >= 11 is 0. The van der Waals surface area contributed by atoms with Crippen LogP contribution < -0.4 is 4.74 Å². The van der Waals surface area contributed by atoms with Crippen molar-refractivity contribution in [1.29, 1.82) is 0 Å². The Bertz CT molecular complexity index is 1370. The normalized spacial score (nSPS) is 15.0. The SMILES string of the molecule is COC(=O)C(c1ccccc1)C1CCN(C(=O)c2cccc(-c3nc4ccc(OC)cc4[nH]3)c2)CC1. The molecule has 7 heteroatoms. The zero-order valence-electron chi connectivity index (χ0n) is 20.4. The van der Waals surface area contributed by atoms with Gasteiger partial charge in [0.2, 0.25) is 0 Å². The fourth-order valence-electron chi connectivity index (χ4n) is 5.06. The summed E-state index contributed by atoms with van der Waals surface area (Å²) in [6.45, 7) is 1.19. The Kier molecular flexibility index (Phi) is 6.71. The maximum absolute atomic E-state index is 13.4. The number of fused-ring (bicyclic) bond motifs is 1. The second-order valence-corrected chi connectivity index (χ2v) is 9.09. The first-order valence-corrected chi connectivity index (χ1v) is 12.1. The molecule has 0 bridgehead atoms. The molecule has 7 nitrogen and oxygen atoms in total. The molecule has 1 aromatic heterocycles. The molecule has 1 saturated heterocycles. The van der Waals surface area contributed by atoms with E-state index in [1.165, 1.54) is 7.11 Å². The predicted molar refractivity (Wildman–Crippen MR) is 138 cm³/mol. The summed E-state index contributed by atoms with van der Waals surface area (Å²) in [6, 6.07) is 23.0. The summed E-state index contributed by atoms with van der Waals surface area (Å²) in [7, 11) is 3.07. The van der Waals surface area contributed by atoms with Gasteiger partial charge in [0.25, 0.3) is 5.91 Å². The first-order chi connectivity index (χ1) is 17.6. The van der Waals surface area contributed by atoms with Crippen LogP contribution in [0.25, 0.3) is 22.4 Å². The van der Waals surface area contributed by atoms with E-state index in [2.05, 4.69) is 9.97 Å². The zero-order valence-corrected chi connectivity index (χ0v) is 20.4. The van der Waals surface area contributed by atoms with E-state index in [0.717, 1.165) is 40.8 Å². The minimum absolute atomic E-state index is 0.0117. The minimum Gasteiger partial charge on any atom is -0.497 e. The molecule has 184 valence electrons. The van der Waals surface area contributed by atoms with E-state index in [1.54, 1.807) is 7.11 Å². The van der Waals surface area contributed by atoms with Crippen LogP contribution in [0.5, 0.6) is 5.75 Å². The molecular weight excluding hydrogens is 454 g/mol. The number of piperidine rings is 1. The number of carbonyl (C=O) groups is 2. The van der Waals surface area contributed by atoms with Gasteiger partial charge < -0.3 is 19.4 Å². The molecule has 36 heavy (non-hydrogen) atoms. The van der Waals surface area contributed by atoms with Gasteiger partial charge in [0.15, 0.2) is 0 Å². The third-order valence-corrected chi connectivity index (χ3v) is 6.98. The number of ether oxygens (including phenoxy) is 2. The van der Waals surface area contributed by atoms with E-state index in [-0.39, 0.29) is 23.7 Å². The lowest BCUT2D eigenvalue weighted by Gasteiger charge is -2.35. The van der Waals surface area contributed by atoms with Crippen molar-refractivity contribution in [2.24, 2.45) is 5.92 Å². The first kappa shape index (κ1) is 23.6. The van der Waals surface area contributed by atoms with Crippen molar-refractivity contribution in [3.63, 3.8) is 0 Å². The van der Waals surface area contributed by atoms with Crippen LogP contribution in [0.1, 0.15) is 34.7 Å². The van der Waals surface area contributed by atoms with Crippen molar-refractivity contribution in [3.8, 4) is 17.1 Å². The van der Waals surface area contributed by atoms with E-state index in [9.17, 15) is 9.59 Å². The van der Waals surface area contributed by atoms with Crippen molar-refractivity contribution >= 4 is 22.9 Å². The lowest BCUT2D eigenvalue weighted by atomic mass is 9.80. The van der Waals surface area contributed by atoms with Crippen LogP contribution in [0.4, 0.5) is 0 Å². The molecule has 5 rings (SSSR count). The number of hydrogen-bond donors (Lipinski definition) is 1. The largest absolute Gasteiger partial charge is 0.497 e. The molecule has 0 aliphatic carbocycles. The number of rotatable bonds is 6. The Morgan fingerprint density at radius 2 is 1.75 bits per heavy atom. The monoisotopic (exact) mass is 483 g/mol. The number of esters is 1. The van der Waals surface area contributed by atoms with E-state index in [4.69, 9.17) is 9.47 Å². The zero-order chi connectivity index (χ0) is 25.1. The van der Waals surface area contributed by atoms with E-state index < -0.39 is 0 Å². The van der Waals surface area contributed by atoms with Crippen molar-refractivity contribution in [2.75, 3.05) is 27.3 Å². The Balaban J connectivity index is 1.30. The van der Waals surface area contributed by atoms with Crippen molar-refractivity contribution in [2.45, 2.75) is 18.8 Å². The summed E-state index contributed by atoms with van der Waals surface area (Å²) in [4.78, 5) is 35.8. The van der Waals surface area contributed by atoms with Gasteiger partial charge >= 0.3 is 5.97 Å². The van der Waals surface area contributed by atoms with Gasteiger partial charge in [-0.3, -0.25) is 9.59 Å². The molecule has 1 atom stereocenters. The number of H-pyrrole nitrogens is 1. The smallest absolute Gasteiger partial charge is 0.313 e. The van der Waals surface area contributed by atoms with Crippen molar-refractivity contribution in [3.05, 3.63) is 83.9 Å². The molecule has 3 aromatic carbocycles. The molecule has 0 spiro atoms. The van der Waals surface area contributed by atoms with Gasteiger partial charge in [-0.15, -0.1) is 0 Å². The Hall–Kier alpha value is -4.13. The van der Waals surface area contributed by atoms with Gasteiger partial charge in [0.1, 0.15) is 11.6 Å². The number of nitrogens with one attached hydrogen (secondary N) is 1. The fraction of sp³-hybridized carbons (Fsp3) is 0.276. The highest BCUT2D eigenvalue weighted by molar-refractivity contribution is 5.95. The number of methoxy groups -OCH3 is 2. The van der Waals surface area contributed by atoms with Crippen LogP contribution in [-0.4, -0.2) is 54.1 Å². The van der Waals surface area contributed by atoms with Crippen LogP contribution in [-0.2, 0) is 9.53 Å². The van der Waals surface area contributed by atoms with E-state index in [1.807, 2.05) is 77.7 Å². The van der Waals surface area contributed by atoms with Crippen molar-refractivity contribution in [1.82, 2.24) is 14.9 Å². The van der Waals surface area contributed by atoms with Crippen LogP contribution in [0.15, 0.2) is 72.8 Å². The van der Waals surface area contributed by atoms with Gasteiger partial charge in [-0.1, -0.05) is 42.5 Å². The lowest BCUT2D eigenvalue weighted by Crippen LogP contribution is -2.41. The number of aromatic nitrogens is 2. The van der Waals surface area contributed by atoms with Crippen LogP contribution in [0.3, 0.4) is 0 Å². The summed E-state index contributed by atoms with van der Waals surface area (Å²) < 4.78 is 10.4. The maximum atomic E-state index is 13.4. The fourth-order valence-corrected chi connectivity index (χ4v) is 5.06. The second kappa shape index (κ2) is 10.2. The number of imidazole rings is 1.